The van der Waals surface area contributed by atoms with Gasteiger partial charge >= 0.3 is 0 Å². The minimum atomic E-state index is 0.960. The van der Waals surface area contributed by atoms with Crippen molar-refractivity contribution in [2.75, 3.05) is 0 Å². The minimum absolute atomic E-state index is 0.960. The second-order valence-electron chi connectivity index (χ2n) is 3.16. The van der Waals surface area contributed by atoms with Crippen LogP contribution in [0.4, 0.5) is 0 Å². The van der Waals surface area contributed by atoms with Gasteiger partial charge < -0.3 is 0 Å². The van der Waals surface area contributed by atoms with Crippen molar-refractivity contribution in [3.05, 3.63) is 53.1 Å². The SMILES string of the molecule is ClC1=CC(c2ccccc2)=CCC1. The van der Waals surface area contributed by atoms with Gasteiger partial charge in [0.2, 0.25) is 0 Å². The fourth-order valence-electron chi connectivity index (χ4n) is 1.50. The normalized spacial score (nSPS) is 16.4. The van der Waals surface area contributed by atoms with Crippen LogP contribution in [-0.2, 0) is 0 Å². The Bertz CT molecular complexity index is 347. The average molecular weight is 191 g/mol. The maximum Gasteiger partial charge on any atom is 0.0190 e. The van der Waals surface area contributed by atoms with Crippen LogP contribution < -0.4 is 0 Å². The van der Waals surface area contributed by atoms with Crippen LogP contribution in [0.25, 0.3) is 5.57 Å². The number of halogens is 1. The van der Waals surface area contributed by atoms with Crippen LogP contribution in [0.5, 0.6) is 0 Å². The Kier molecular flexibility index (Phi) is 2.51. The smallest absolute Gasteiger partial charge is 0.0190 e. The van der Waals surface area contributed by atoms with E-state index in [4.69, 9.17) is 11.6 Å². The molecule has 0 unspecified atom stereocenters. The molecule has 0 heterocycles. The van der Waals surface area contributed by atoms with Gasteiger partial charge in [0.15, 0.2) is 0 Å². The molecule has 0 amide bonds. The average Bonchev–Trinajstić information content (AvgIpc) is 2.19. The third-order valence-corrected chi connectivity index (χ3v) is 2.46. The highest BCUT2D eigenvalue weighted by molar-refractivity contribution is 6.30. The van der Waals surface area contributed by atoms with E-state index in [1.165, 1.54) is 11.1 Å². The molecular formula is C12H11Cl. The van der Waals surface area contributed by atoms with Crippen molar-refractivity contribution >= 4 is 17.2 Å². The minimum Gasteiger partial charge on any atom is -0.0891 e. The van der Waals surface area contributed by atoms with Gasteiger partial charge in [-0.15, -0.1) is 0 Å². The molecule has 0 N–H and O–H groups in total. The van der Waals surface area contributed by atoms with E-state index < -0.39 is 0 Å². The third kappa shape index (κ3) is 2.02. The highest BCUT2D eigenvalue weighted by Gasteiger charge is 2.04. The molecule has 0 saturated heterocycles. The fraction of sp³-hybridized carbons (Fsp3) is 0.167. The molecule has 1 aromatic carbocycles. The van der Waals surface area contributed by atoms with E-state index in [0.29, 0.717) is 0 Å². The summed E-state index contributed by atoms with van der Waals surface area (Å²) in [4.78, 5) is 0. The van der Waals surface area contributed by atoms with Crippen LogP contribution in [0.1, 0.15) is 18.4 Å². The predicted octanol–water partition coefficient (Wildman–Crippen LogP) is 3.99. The first kappa shape index (κ1) is 8.58. The lowest BCUT2D eigenvalue weighted by atomic mass is 10.00. The number of hydrogen-bond donors (Lipinski definition) is 0. The van der Waals surface area contributed by atoms with Crippen LogP contribution in [-0.4, -0.2) is 0 Å². The van der Waals surface area contributed by atoms with Crippen molar-refractivity contribution in [2.45, 2.75) is 12.8 Å². The monoisotopic (exact) mass is 190 g/mol. The first-order valence-corrected chi connectivity index (χ1v) is 4.86. The maximum atomic E-state index is 5.98. The molecule has 0 nitrogen and oxygen atoms in total. The van der Waals surface area contributed by atoms with E-state index in [2.05, 4.69) is 24.3 Å². The van der Waals surface area contributed by atoms with E-state index in [9.17, 15) is 0 Å². The zero-order chi connectivity index (χ0) is 9.10. The van der Waals surface area contributed by atoms with Gasteiger partial charge in [-0.3, -0.25) is 0 Å². The Morgan fingerprint density at radius 1 is 1.08 bits per heavy atom. The van der Waals surface area contributed by atoms with Crippen molar-refractivity contribution in [1.29, 1.82) is 0 Å². The largest absolute Gasteiger partial charge is 0.0891 e. The Balaban J connectivity index is 2.33. The van der Waals surface area contributed by atoms with E-state index in [-0.39, 0.29) is 0 Å². The summed E-state index contributed by atoms with van der Waals surface area (Å²) in [6.07, 6.45) is 6.33. The Hall–Kier alpha value is -1.01. The molecule has 66 valence electrons. The summed E-state index contributed by atoms with van der Waals surface area (Å²) >= 11 is 5.98. The van der Waals surface area contributed by atoms with Crippen molar-refractivity contribution in [2.24, 2.45) is 0 Å². The summed E-state index contributed by atoms with van der Waals surface area (Å²) < 4.78 is 0. The fourth-order valence-corrected chi connectivity index (χ4v) is 1.72. The maximum absolute atomic E-state index is 5.98. The molecule has 0 aromatic heterocycles. The second-order valence-corrected chi connectivity index (χ2v) is 3.64. The molecule has 0 saturated carbocycles. The highest BCUT2D eigenvalue weighted by Crippen LogP contribution is 2.26. The topological polar surface area (TPSA) is 0 Å². The second kappa shape index (κ2) is 3.80. The summed E-state index contributed by atoms with van der Waals surface area (Å²) in [5, 5.41) is 0.960. The van der Waals surface area contributed by atoms with Crippen molar-refractivity contribution in [3.8, 4) is 0 Å². The Morgan fingerprint density at radius 2 is 1.85 bits per heavy atom. The van der Waals surface area contributed by atoms with Crippen LogP contribution >= 0.6 is 11.6 Å². The van der Waals surface area contributed by atoms with Crippen LogP contribution in [0, 0.1) is 0 Å². The molecule has 1 aliphatic carbocycles. The molecule has 1 aliphatic rings. The van der Waals surface area contributed by atoms with Gasteiger partial charge in [0.1, 0.15) is 0 Å². The quantitative estimate of drug-likeness (QED) is 0.628. The molecule has 13 heavy (non-hydrogen) atoms. The lowest BCUT2D eigenvalue weighted by molar-refractivity contribution is 1.02. The molecule has 0 spiro atoms. The van der Waals surface area contributed by atoms with E-state index in [1.807, 2.05) is 18.2 Å². The van der Waals surface area contributed by atoms with Gasteiger partial charge in [0.05, 0.1) is 0 Å². The number of rotatable bonds is 1. The number of hydrogen-bond acceptors (Lipinski definition) is 0. The van der Waals surface area contributed by atoms with Gasteiger partial charge in [0.25, 0.3) is 0 Å². The van der Waals surface area contributed by atoms with Crippen LogP contribution in [0.15, 0.2) is 47.5 Å². The predicted molar refractivity (Wildman–Crippen MR) is 57.6 cm³/mol. The zero-order valence-electron chi connectivity index (χ0n) is 7.33. The van der Waals surface area contributed by atoms with Gasteiger partial charge in [-0.25, -0.2) is 0 Å². The molecule has 1 heteroatoms. The Morgan fingerprint density at radius 3 is 2.54 bits per heavy atom. The molecule has 0 fully saturated rings. The van der Waals surface area contributed by atoms with Crippen molar-refractivity contribution in [1.82, 2.24) is 0 Å². The third-order valence-electron chi connectivity index (χ3n) is 2.17. The Labute approximate surface area is 83.5 Å². The van der Waals surface area contributed by atoms with Gasteiger partial charge in [-0.2, -0.15) is 0 Å². The molecule has 0 atom stereocenters. The molecule has 0 aliphatic heterocycles. The van der Waals surface area contributed by atoms with Gasteiger partial charge in [-0.1, -0.05) is 48.0 Å². The van der Waals surface area contributed by atoms with Gasteiger partial charge in [0, 0.05) is 5.03 Å². The lowest BCUT2D eigenvalue weighted by Gasteiger charge is -2.09. The first-order chi connectivity index (χ1) is 6.36. The summed E-state index contributed by atoms with van der Waals surface area (Å²) in [6.45, 7) is 0. The first-order valence-electron chi connectivity index (χ1n) is 4.48. The van der Waals surface area contributed by atoms with Crippen LogP contribution in [0.3, 0.4) is 0 Å². The lowest BCUT2D eigenvalue weighted by Crippen LogP contribution is -1.87. The summed E-state index contributed by atoms with van der Waals surface area (Å²) in [5.74, 6) is 0. The molecule has 0 bridgehead atoms. The standard InChI is InChI=1S/C12H11Cl/c13-12-8-4-7-11(9-12)10-5-2-1-3-6-10/h1-3,5-7,9H,4,8H2. The molecule has 1 aromatic rings. The number of benzene rings is 1. The molecule has 0 radical (unpaired) electrons. The van der Waals surface area contributed by atoms with E-state index in [0.717, 1.165) is 17.9 Å². The number of allylic oxidation sites excluding steroid dienone is 4. The molecule has 2 rings (SSSR count). The van der Waals surface area contributed by atoms with Crippen LogP contribution in [0.2, 0.25) is 0 Å². The highest BCUT2D eigenvalue weighted by atomic mass is 35.5. The summed E-state index contributed by atoms with van der Waals surface area (Å²) in [7, 11) is 0. The summed E-state index contributed by atoms with van der Waals surface area (Å²) in [6, 6.07) is 10.3. The van der Waals surface area contributed by atoms with E-state index >= 15 is 0 Å². The van der Waals surface area contributed by atoms with E-state index in [1.54, 1.807) is 0 Å². The molecular weight excluding hydrogens is 180 g/mol. The van der Waals surface area contributed by atoms with Crippen molar-refractivity contribution in [3.63, 3.8) is 0 Å². The zero-order valence-corrected chi connectivity index (χ0v) is 8.09. The summed E-state index contributed by atoms with van der Waals surface area (Å²) in [5.41, 5.74) is 2.50. The van der Waals surface area contributed by atoms with Gasteiger partial charge in [-0.05, 0) is 30.1 Å². The van der Waals surface area contributed by atoms with Crippen molar-refractivity contribution < 1.29 is 0 Å².